The van der Waals surface area contributed by atoms with Crippen molar-refractivity contribution in [2.75, 3.05) is 5.32 Å². The molecule has 0 saturated heterocycles. The normalized spacial score (nSPS) is 9.77. The van der Waals surface area contributed by atoms with Gasteiger partial charge < -0.3 is 10.4 Å². The van der Waals surface area contributed by atoms with Gasteiger partial charge in [0.05, 0.1) is 12.8 Å². The van der Waals surface area contributed by atoms with Gasteiger partial charge >= 0.3 is 0 Å². The maximum Gasteiger partial charge on any atom is 0.222 e. The van der Waals surface area contributed by atoms with Gasteiger partial charge in [-0.1, -0.05) is 0 Å². The maximum atomic E-state index is 10.6. The van der Waals surface area contributed by atoms with Crippen molar-refractivity contribution >= 4 is 27.7 Å². The predicted molar refractivity (Wildman–Crippen MR) is 50.0 cm³/mol. The van der Waals surface area contributed by atoms with Gasteiger partial charge in [0.1, 0.15) is 10.3 Å². The zero-order valence-electron chi connectivity index (χ0n) is 6.91. The molecule has 0 aliphatic rings. The van der Waals surface area contributed by atoms with Crippen LogP contribution in [0, 0.1) is 0 Å². The van der Waals surface area contributed by atoms with E-state index in [0.717, 1.165) is 0 Å². The number of aliphatic hydroxyl groups excluding tert-OH is 1. The first-order valence-electron chi connectivity index (χ1n) is 3.53. The third kappa shape index (κ3) is 2.74. The summed E-state index contributed by atoms with van der Waals surface area (Å²) >= 11 is 3.11. The Labute approximate surface area is 83.3 Å². The lowest BCUT2D eigenvalue weighted by Crippen LogP contribution is -2.09. The smallest absolute Gasteiger partial charge is 0.222 e. The Bertz CT molecular complexity index is 330. The van der Waals surface area contributed by atoms with E-state index in [2.05, 4.69) is 31.2 Å². The van der Waals surface area contributed by atoms with Crippen LogP contribution >= 0.6 is 15.9 Å². The summed E-state index contributed by atoms with van der Waals surface area (Å²) in [5, 5.41) is 11.3. The number of aromatic nitrogens is 2. The summed E-state index contributed by atoms with van der Waals surface area (Å²) in [5.74, 6) is 0.111. The van der Waals surface area contributed by atoms with E-state index >= 15 is 0 Å². The Morgan fingerprint density at radius 3 is 3.00 bits per heavy atom. The molecule has 5 nitrogen and oxygen atoms in total. The minimum atomic E-state index is -0.222. The number of hydrogen-bond acceptors (Lipinski definition) is 4. The molecule has 0 aromatic carbocycles. The molecule has 0 spiro atoms. The number of amides is 1. The van der Waals surface area contributed by atoms with Gasteiger partial charge in [0.2, 0.25) is 5.91 Å². The number of hydrogen-bond donors (Lipinski definition) is 2. The third-order valence-corrected chi connectivity index (χ3v) is 1.91. The summed E-state index contributed by atoms with van der Waals surface area (Å²) < 4.78 is 0.476. The lowest BCUT2D eigenvalue weighted by atomic mass is 10.5. The van der Waals surface area contributed by atoms with Crippen molar-refractivity contribution in [3.8, 4) is 0 Å². The number of nitrogens with zero attached hydrogens (tertiary/aromatic N) is 2. The van der Waals surface area contributed by atoms with Crippen LogP contribution < -0.4 is 5.32 Å². The topological polar surface area (TPSA) is 75.1 Å². The van der Waals surface area contributed by atoms with Gasteiger partial charge in [0.15, 0.2) is 5.82 Å². The zero-order chi connectivity index (χ0) is 9.84. The van der Waals surface area contributed by atoms with E-state index in [-0.39, 0.29) is 12.5 Å². The molecule has 0 saturated carbocycles. The Morgan fingerprint density at radius 1 is 1.77 bits per heavy atom. The molecule has 0 aliphatic carbocycles. The van der Waals surface area contributed by atoms with Gasteiger partial charge in [-0.05, 0) is 15.9 Å². The van der Waals surface area contributed by atoms with Gasteiger partial charge in [-0.2, -0.15) is 0 Å². The molecule has 70 valence electrons. The number of nitrogens with one attached hydrogen (secondary N) is 1. The first-order valence-corrected chi connectivity index (χ1v) is 4.32. The van der Waals surface area contributed by atoms with Gasteiger partial charge in [0, 0.05) is 6.92 Å². The van der Waals surface area contributed by atoms with Crippen molar-refractivity contribution in [3.63, 3.8) is 0 Å². The lowest BCUT2D eigenvalue weighted by Gasteiger charge is -2.03. The van der Waals surface area contributed by atoms with Crippen LogP contribution in [0.5, 0.6) is 0 Å². The highest BCUT2D eigenvalue weighted by atomic mass is 79.9. The SMILES string of the molecule is CC(=O)Nc1cnc(Br)c(CO)n1. The van der Waals surface area contributed by atoms with Crippen LogP contribution in [0.1, 0.15) is 12.6 Å². The highest BCUT2D eigenvalue weighted by Gasteiger charge is 2.04. The van der Waals surface area contributed by atoms with E-state index in [1.165, 1.54) is 13.1 Å². The number of carbonyl (C=O) groups is 1. The third-order valence-electron chi connectivity index (χ3n) is 1.25. The van der Waals surface area contributed by atoms with E-state index in [1.54, 1.807) is 0 Å². The quantitative estimate of drug-likeness (QED) is 0.804. The van der Waals surface area contributed by atoms with Crippen LogP contribution in [0.2, 0.25) is 0 Å². The monoisotopic (exact) mass is 245 g/mol. The molecule has 0 fully saturated rings. The summed E-state index contributed by atoms with van der Waals surface area (Å²) in [5.41, 5.74) is 0.395. The number of halogens is 1. The molecule has 0 radical (unpaired) electrons. The maximum absolute atomic E-state index is 10.6. The fourth-order valence-corrected chi connectivity index (χ4v) is 1.07. The Kier molecular flexibility index (Phi) is 3.32. The molecule has 0 unspecified atom stereocenters. The summed E-state index contributed by atoms with van der Waals surface area (Å²) in [4.78, 5) is 18.5. The molecule has 0 bridgehead atoms. The molecule has 13 heavy (non-hydrogen) atoms. The second kappa shape index (κ2) is 4.29. The molecule has 1 aromatic heterocycles. The summed E-state index contributed by atoms with van der Waals surface area (Å²) in [6, 6.07) is 0. The van der Waals surface area contributed by atoms with Crippen LogP contribution in [0.4, 0.5) is 5.82 Å². The van der Waals surface area contributed by atoms with Crippen LogP contribution in [0.25, 0.3) is 0 Å². The number of aliphatic hydroxyl groups is 1. The largest absolute Gasteiger partial charge is 0.390 e. The van der Waals surface area contributed by atoms with Crippen LogP contribution in [-0.2, 0) is 11.4 Å². The van der Waals surface area contributed by atoms with E-state index in [1.807, 2.05) is 0 Å². The molecule has 1 heterocycles. The minimum absolute atomic E-state index is 0.221. The highest BCUT2D eigenvalue weighted by molar-refractivity contribution is 9.10. The molecule has 0 aliphatic heterocycles. The average molecular weight is 246 g/mol. The number of carbonyl (C=O) groups excluding carboxylic acids is 1. The van der Waals surface area contributed by atoms with Crippen LogP contribution in [-0.4, -0.2) is 21.0 Å². The van der Waals surface area contributed by atoms with E-state index < -0.39 is 0 Å². The van der Waals surface area contributed by atoms with Crippen molar-refractivity contribution in [2.24, 2.45) is 0 Å². The second-order valence-corrected chi connectivity index (χ2v) is 3.08. The fraction of sp³-hybridized carbons (Fsp3) is 0.286. The van der Waals surface area contributed by atoms with Gasteiger partial charge in [-0.3, -0.25) is 4.79 Å². The van der Waals surface area contributed by atoms with Gasteiger partial charge in [0.25, 0.3) is 0 Å². The Balaban J connectivity index is 2.92. The summed E-state index contributed by atoms with van der Waals surface area (Å²) in [6.07, 6.45) is 1.41. The zero-order valence-corrected chi connectivity index (χ0v) is 8.50. The van der Waals surface area contributed by atoms with Crippen molar-refractivity contribution < 1.29 is 9.90 Å². The predicted octanol–water partition coefficient (Wildman–Crippen LogP) is 0.690. The van der Waals surface area contributed by atoms with E-state index in [4.69, 9.17) is 5.11 Å². The van der Waals surface area contributed by atoms with Crippen LogP contribution in [0.3, 0.4) is 0 Å². The van der Waals surface area contributed by atoms with Crippen molar-refractivity contribution in [1.29, 1.82) is 0 Å². The molecular formula is C7H8BrN3O2. The lowest BCUT2D eigenvalue weighted by molar-refractivity contribution is -0.114. The van der Waals surface area contributed by atoms with Crippen LogP contribution in [0.15, 0.2) is 10.8 Å². The molecule has 6 heteroatoms. The van der Waals surface area contributed by atoms with E-state index in [9.17, 15) is 4.79 Å². The van der Waals surface area contributed by atoms with Gasteiger partial charge in [-0.25, -0.2) is 9.97 Å². The number of anilines is 1. The molecular weight excluding hydrogens is 238 g/mol. The fourth-order valence-electron chi connectivity index (χ4n) is 0.754. The van der Waals surface area contributed by atoms with Crippen molar-refractivity contribution in [2.45, 2.75) is 13.5 Å². The standard InChI is InChI=1S/C7H8BrN3O2/c1-4(13)10-6-2-9-7(8)5(3-12)11-6/h2,12H,3H2,1H3,(H,10,11,13). The molecule has 1 aromatic rings. The molecule has 1 rings (SSSR count). The van der Waals surface area contributed by atoms with E-state index in [0.29, 0.717) is 16.1 Å². The molecule has 1 amide bonds. The van der Waals surface area contributed by atoms with Gasteiger partial charge in [-0.15, -0.1) is 0 Å². The summed E-state index contributed by atoms with van der Waals surface area (Å²) in [7, 11) is 0. The van der Waals surface area contributed by atoms with Crippen molar-refractivity contribution in [3.05, 3.63) is 16.5 Å². The number of rotatable bonds is 2. The average Bonchev–Trinajstić information content (AvgIpc) is 2.07. The first-order chi connectivity index (χ1) is 6.13. The molecule has 0 atom stereocenters. The molecule has 2 N–H and O–H groups in total. The summed E-state index contributed by atoms with van der Waals surface area (Å²) in [6.45, 7) is 1.16. The Morgan fingerprint density at radius 2 is 2.46 bits per heavy atom. The first kappa shape index (κ1) is 10.1. The second-order valence-electron chi connectivity index (χ2n) is 2.33. The Hall–Kier alpha value is -1.01. The van der Waals surface area contributed by atoms with Crippen molar-refractivity contribution in [1.82, 2.24) is 9.97 Å². The highest BCUT2D eigenvalue weighted by Crippen LogP contribution is 2.13. The minimum Gasteiger partial charge on any atom is -0.390 e.